The molecule has 18 heteroatoms. The van der Waals surface area contributed by atoms with Crippen LogP contribution in [0.3, 0.4) is 0 Å². The number of pyridine rings is 1. The molecule has 16 nitrogen and oxygen atoms in total. The maximum atomic E-state index is 16.5. The number of halogens is 1. The van der Waals surface area contributed by atoms with Gasteiger partial charge in [0.15, 0.2) is 0 Å². The molecule has 1 atom stereocenters. The molecular formula is C50H58FN9O7S. The Bertz CT molecular complexity index is 3000. The number of carbonyl (C=O) groups is 1. The first-order valence-electron chi connectivity index (χ1n) is 23.8. The van der Waals surface area contributed by atoms with Gasteiger partial charge in [0.25, 0.3) is 21.6 Å². The monoisotopic (exact) mass is 947 g/mol. The molecule has 4 aliphatic rings. The van der Waals surface area contributed by atoms with Gasteiger partial charge in [0.05, 0.1) is 39.8 Å². The minimum atomic E-state index is -4.88. The number of anilines is 2. The van der Waals surface area contributed by atoms with Crippen LogP contribution in [-0.2, 0) is 10.0 Å². The first-order chi connectivity index (χ1) is 32.6. The molecule has 0 unspecified atom stereocenters. The Labute approximate surface area is 394 Å². The summed E-state index contributed by atoms with van der Waals surface area (Å²) in [5, 5.41) is 26.7. The van der Waals surface area contributed by atoms with Crippen molar-refractivity contribution in [3.05, 3.63) is 106 Å². The SMILES string of the molecule is CC(C)c1ccccc1[C@@H]1CCCN1C1CC2(CCN(c3cc(Oc4cnc5[nH]ccc5c4)c(C(=O)NS(=O)(=O)c4cc([N+](=O)[O-])c(NC[C@H]5CC[C@](C)(O)CC5)c5[nH]cnc45)cc3F)CC2)C1. The number of imidazole rings is 1. The molecular weight excluding hydrogens is 890 g/mol. The van der Waals surface area contributed by atoms with Crippen LogP contribution in [0.15, 0.2) is 78.2 Å². The number of nitro benzene ring substituents is 1. The smallest absolute Gasteiger partial charge is 0.296 e. The minimum absolute atomic E-state index is 0.0516. The van der Waals surface area contributed by atoms with E-state index in [0.29, 0.717) is 69.0 Å². The van der Waals surface area contributed by atoms with Gasteiger partial charge in [-0.3, -0.25) is 19.8 Å². The lowest BCUT2D eigenvalue weighted by atomic mass is 9.59. The van der Waals surface area contributed by atoms with Crippen molar-refractivity contribution in [2.24, 2.45) is 11.3 Å². The summed E-state index contributed by atoms with van der Waals surface area (Å²) in [4.78, 5) is 44.5. The summed E-state index contributed by atoms with van der Waals surface area (Å²) < 4.78 is 53.2. The number of piperidine rings is 1. The molecule has 5 heterocycles. The highest BCUT2D eigenvalue weighted by atomic mass is 32.2. The zero-order valence-corrected chi connectivity index (χ0v) is 39.4. The molecule has 10 rings (SSSR count). The van der Waals surface area contributed by atoms with Crippen molar-refractivity contribution in [1.82, 2.24) is 29.6 Å². The predicted molar refractivity (Wildman–Crippen MR) is 257 cm³/mol. The van der Waals surface area contributed by atoms with Gasteiger partial charge in [0.2, 0.25) is 0 Å². The average Bonchev–Trinajstić information content (AvgIpc) is 4.10. The standard InChI is InChI=1S/C50H58FN9O7S/c1-30(2)35-7-4-5-8-36(35)39-9-6-18-59(39)33-25-50(26-33)15-19-58(20-16-50)40-23-42(67-34-21-32-12-17-52-47(32)54-28-34)37(22-38(40)51)48(61)57-68(65,66)43-24-41(60(63)64)44(46-45(43)55-29-56-46)53-27-31-10-13-49(3,62)14-11-31/h4-5,7-8,12,17,21-24,28-31,33,39,53,62H,6,9-11,13-16,18-20,25-27H2,1-3H3,(H,52,54)(H,55,56)(H,57,61)/t31-,39-,49-/m0/s1. The van der Waals surface area contributed by atoms with E-state index < -0.39 is 48.4 Å². The fraction of sp³-hybridized carbons (Fsp3) is 0.460. The van der Waals surface area contributed by atoms with Crippen LogP contribution in [0.1, 0.15) is 118 Å². The van der Waals surface area contributed by atoms with Gasteiger partial charge < -0.3 is 30.0 Å². The van der Waals surface area contributed by atoms with Crippen LogP contribution in [0, 0.1) is 27.3 Å². The lowest BCUT2D eigenvalue weighted by Gasteiger charge is -2.56. The van der Waals surface area contributed by atoms with E-state index >= 15 is 4.39 Å². The average molecular weight is 948 g/mol. The summed E-state index contributed by atoms with van der Waals surface area (Å²) in [6, 6.07) is 16.6. The number of likely N-dealkylation sites (tertiary alicyclic amines) is 1. The van der Waals surface area contributed by atoms with Gasteiger partial charge in [-0.15, -0.1) is 0 Å². The molecule has 2 saturated heterocycles. The zero-order valence-electron chi connectivity index (χ0n) is 38.6. The van der Waals surface area contributed by atoms with Gasteiger partial charge in [0, 0.05) is 55.4 Å². The number of rotatable bonds is 13. The maximum Gasteiger partial charge on any atom is 0.296 e. The number of amides is 1. The quantitative estimate of drug-likeness (QED) is 0.0541. The van der Waals surface area contributed by atoms with E-state index in [2.05, 4.69) is 68.3 Å². The topological polar surface area (TPSA) is 212 Å². The van der Waals surface area contributed by atoms with E-state index in [1.807, 2.05) is 9.62 Å². The molecule has 1 spiro atoms. The first kappa shape index (κ1) is 45.7. The van der Waals surface area contributed by atoms with Crippen molar-refractivity contribution in [1.29, 1.82) is 0 Å². The second kappa shape index (κ2) is 17.8. The number of aliphatic hydroxyl groups is 1. The molecule has 3 aromatic heterocycles. The van der Waals surface area contributed by atoms with E-state index in [-0.39, 0.29) is 45.2 Å². The van der Waals surface area contributed by atoms with Gasteiger partial charge in [-0.05, 0) is 124 Å². The summed E-state index contributed by atoms with van der Waals surface area (Å²) in [6.45, 7) is 8.93. The third-order valence-electron chi connectivity index (χ3n) is 15.2. The number of aromatic nitrogens is 4. The second-order valence-electron chi connectivity index (χ2n) is 20.1. The fourth-order valence-electron chi connectivity index (χ4n) is 11.4. The van der Waals surface area contributed by atoms with E-state index in [1.165, 1.54) is 36.1 Å². The van der Waals surface area contributed by atoms with Crippen molar-refractivity contribution in [3.8, 4) is 11.5 Å². The molecule has 0 radical (unpaired) electrons. The van der Waals surface area contributed by atoms with Gasteiger partial charge in [-0.2, -0.15) is 0 Å². The predicted octanol–water partition coefficient (Wildman–Crippen LogP) is 9.46. The van der Waals surface area contributed by atoms with Gasteiger partial charge in [0.1, 0.15) is 39.1 Å². The molecule has 5 N–H and O–H groups in total. The number of sulfonamides is 1. The number of carbonyl (C=O) groups excluding carboxylic acids is 1. The summed E-state index contributed by atoms with van der Waals surface area (Å²) in [5.41, 5.74) is 2.14. The molecule has 2 saturated carbocycles. The highest BCUT2D eigenvalue weighted by Crippen LogP contribution is 2.54. The van der Waals surface area contributed by atoms with Crippen molar-refractivity contribution < 1.29 is 32.4 Å². The third-order valence-corrected chi connectivity index (χ3v) is 16.6. The van der Waals surface area contributed by atoms with E-state index in [0.717, 1.165) is 56.2 Å². The molecule has 6 aromatic rings. The van der Waals surface area contributed by atoms with Crippen molar-refractivity contribution in [3.63, 3.8) is 0 Å². The summed E-state index contributed by atoms with van der Waals surface area (Å²) in [7, 11) is -4.88. The number of nitrogens with zero attached hydrogens (tertiary/aromatic N) is 5. The maximum absolute atomic E-state index is 16.5. The largest absolute Gasteiger partial charge is 0.455 e. The normalized spacial score (nSPS) is 22.2. The van der Waals surface area contributed by atoms with E-state index in [9.17, 15) is 28.4 Å². The van der Waals surface area contributed by atoms with Crippen LogP contribution < -0.4 is 19.7 Å². The van der Waals surface area contributed by atoms with Crippen molar-refractivity contribution >= 4 is 55.1 Å². The summed E-state index contributed by atoms with van der Waals surface area (Å²) in [6.07, 6.45) is 13.3. The van der Waals surface area contributed by atoms with Gasteiger partial charge in [-0.25, -0.2) is 27.5 Å². The highest BCUT2D eigenvalue weighted by molar-refractivity contribution is 7.90. The molecule has 2 aliphatic heterocycles. The molecule has 3 aromatic carbocycles. The highest BCUT2D eigenvalue weighted by Gasteiger charge is 2.50. The Kier molecular flexibility index (Phi) is 11.9. The van der Waals surface area contributed by atoms with E-state index in [1.54, 1.807) is 25.3 Å². The van der Waals surface area contributed by atoms with Gasteiger partial charge in [-0.1, -0.05) is 38.1 Å². The van der Waals surface area contributed by atoms with Crippen LogP contribution >= 0.6 is 0 Å². The lowest BCUT2D eigenvalue weighted by molar-refractivity contribution is -0.384. The number of aromatic amines is 2. The number of H-pyrrole nitrogens is 2. The van der Waals surface area contributed by atoms with Crippen molar-refractivity contribution in [2.75, 3.05) is 36.4 Å². The Morgan fingerprint density at radius 3 is 2.54 bits per heavy atom. The zero-order chi connectivity index (χ0) is 47.5. The Balaban J connectivity index is 0.887. The molecule has 4 fully saturated rings. The van der Waals surface area contributed by atoms with Crippen LogP contribution in [0.5, 0.6) is 11.5 Å². The number of fused-ring (bicyclic) bond motifs is 2. The number of hydrogen-bond donors (Lipinski definition) is 5. The Morgan fingerprint density at radius 2 is 1.79 bits per heavy atom. The van der Waals surface area contributed by atoms with Crippen LogP contribution in [0.4, 0.5) is 21.5 Å². The summed E-state index contributed by atoms with van der Waals surface area (Å²) in [5.74, 6) is -1.23. The second-order valence-corrected chi connectivity index (χ2v) is 21.8. The van der Waals surface area contributed by atoms with Crippen molar-refractivity contribution in [2.45, 2.75) is 113 Å². The number of hydrogen-bond acceptors (Lipinski definition) is 12. The Hall–Kier alpha value is -6.11. The number of nitro groups is 1. The van der Waals surface area contributed by atoms with E-state index in [4.69, 9.17) is 4.74 Å². The summed E-state index contributed by atoms with van der Waals surface area (Å²) >= 11 is 0. The third kappa shape index (κ3) is 8.77. The van der Waals surface area contributed by atoms with Crippen LogP contribution in [-0.4, -0.2) is 87.0 Å². The fourth-order valence-corrected chi connectivity index (χ4v) is 12.6. The van der Waals surface area contributed by atoms with Gasteiger partial charge >= 0.3 is 0 Å². The number of ether oxygens (including phenoxy) is 1. The van der Waals surface area contributed by atoms with Crippen LogP contribution in [0.25, 0.3) is 22.1 Å². The molecule has 2 aliphatic carbocycles. The minimum Gasteiger partial charge on any atom is -0.455 e. The molecule has 358 valence electrons. The Morgan fingerprint density at radius 1 is 1.03 bits per heavy atom. The number of nitrogens with one attached hydrogen (secondary N) is 4. The molecule has 0 bridgehead atoms. The number of benzene rings is 3. The van der Waals surface area contributed by atoms with Crippen LogP contribution in [0.2, 0.25) is 0 Å². The first-order valence-corrected chi connectivity index (χ1v) is 25.3. The molecule has 68 heavy (non-hydrogen) atoms. The molecule has 1 amide bonds. The lowest BCUT2D eigenvalue weighted by Crippen LogP contribution is -2.55.